The minimum atomic E-state index is -0.525. The fraction of sp³-hybridized carbons (Fsp3) is 0.588. The van der Waals surface area contributed by atoms with E-state index < -0.39 is 11.7 Å². The molecule has 1 aliphatic carbocycles. The van der Waals surface area contributed by atoms with E-state index in [-0.39, 0.29) is 11.5 Å². The zero-order valence-corrected chi connectivity index (χ0v) is 14.0. The summed E-state index contributed by atoms with van der Waals surface area (Å²) >= 11 is 0. The molecule has 2 rings (SSSR count). The van der Waals surface area contributed by atoms with E-state index in [1.807, 2.05) is 45.9 Å². The molecule has 1 aromatic carbocycles. The fourth-order valence-electron chi connectivity index (χ4n) is 2.70. The van der Waals surface area contributed by atoms with E-state index in [9.17, 15) is 4.79 Å². The lowest BCUT2D eigenvalue weighted by molar-refractivity contribution is 0.0636. The van der Waals surface area contributed by atoms with Crippen molar-refractivity contribution in [3.05, 3.63) is 23.8 Å². The van der Waals surface area contributed by atoms with Crippen molar-refractivity contribution in [2.24, 2.45) is 5.73 Å². The third-order valence-electron chi connectivity index (χ3n) is 4.04. The molecule has 0 bridgehead atoms. The SMILES string of the molecule is COc1ccc(NC(=O)OC(C)(C)C)cc1C1(C(C)N)CC1. The minimum Gasteiger partial charge on any atom is -0.496 e. The van der Waals surface area contributed by atoms with Crippen LogP contribution in [0.3, 0.4) is 0 Å². The summed E-state index contributed by atoms with van der Waals surface area (Å²) in [6, 6.07) is 5.66. The molecule has 22 heavy (non-hydrogen) atoms. The molecule has 1 amide bonds. The van der Waals surface area contributed by atoms with Crippen molar-refractivity contribution in [1.29, 1.82) is 0 Å². The lowest BCUT2D eigenvalue weighted by Gasteiger charge is -2.24. The Bertz CT molecular complexity index is 558. The van der Waals surface area contributed by atoms with Gasteiger partial charge in [0.15, 0.2) is 0 Å². The highest BCUT2D eigenvalue weighted by atomic mass is 16.6. The Morgan fingerprint density at radius 1 is 1.36 bits per heavy atom. The van der Waals surface area contributed by atoms with Gasteiger partial charge in [0.1, 0.15) is 11.4 Å². The Hall–Kier alpha value is -1.75. The van der Waals surface area contributed by atoms with Gasteiger partial charge in [-0.1, -0.05) is 0 Å². The molecule has 1 aliphatic rings. The van der Waals surface area contributed by atoms with Gasteiger partial charge in [0.2, 0.25) is 0 Å². The molecule has 0 aliphatic heterocycles. The van der Waals surface area contributed by atoms with Crippen LogP contribution >= 0.6 is 0 Å². The van der Waals surface area contributed by atoms with Crippen LogP contribution in [0.1, 0.15) is 46.1 Å². The number of amides is 1. The molecule has 3 N–H and O–H groups in total. The second-order valence-corrected chi connectivity index (χ2v) is 6.99. The maximum atomic E-state index is 11.9. The topological polar surface area (TPSA) is 73.6 Å². The van der Waals surface area contributed by atoms with Crippen LogP contribution in [0.4, 0.5) is 10.5 Å². The summed E-state index contributed by atoms with van der Waals surface area (Å²) in [7, 11) is 1.65. The van der Waals surface area contributed by atoms with Crippen LogP contribution in [-0.2, 0) is 10.2 Å². The first-order valence-corrected chi connectivity index (χ1v) is 7.62. The molecular weight excluding hydrogens is 280 g/mol. The van der Waals surface area contributed by atoms with Gasteiger partial charge in [0.05, 0.1) is 7.11 Å². The Kier molecular flexibility index (Phi) is 4.38. The van der Waals surface area contributed by atoms with E-state index in [1.165, 1.54) is 0 Å². The van der Waals surface area contributed by atoms with Crippen LogP contribution in [0.5, 0.6) is 5.75 Å². The zero-order valence-electron chi connectivity index (χ0n) is 14.0. The van der Waals surface area contributed by atoms with E-state index >= 15 is 0 Å². The average Bonchev–Trinajstić information content (AvgIpc) is 3.17. The fourth-order valence-corrected chi connectivity index (χ4v) is 2.70. The molecule has 1 aromatic rings. The summed E-state index contributed by atoms with van der Waals surface area (Å²) in [6.07, 6.45) is 1.61. The first kappa shape index (κ1) is 16.6. The first-order valence-electron chi connectivity index (χ1n) is 7.62. The average molecular weight is 306 g/mol. The monoisotopic (exact) mass is 306 g/mol. The maximum absolute atomic E-state index is 11.9. The number of carbonyl (C=O) groups excluding carboxylic acids is 1. The highest BCUT2D eigenvalue weighted by Gasteiger charge is 2.49. The van der Waals surface area contributed by atoms with Crippen molar-refractivity contribution >= 4 is 11.8 Å². The summed E-state index contributed by atoms with van der Waals surface area (Å²) in [6.45, 7) is 7.52. The number of methoxy groups -OCH3 is 1. The largest absolute Gasteiger partial charge is 0.496 e. The van der Waals surface area contributed by atoms with Gasteiger partial charge >= 0.3 is 6.09 Å². The van der Waals surface area contributed by atoms with Gasteiger partial charge < -0.3 is 15.2 Å². The Morgan fingerprint density at radius 2 is 2.00 bits per heavy atom. The highest BCUT2D eigenvalue weighted by molar-refractivity contribution is 5.85. The van der Waals surface area contributed by atoms with Gasteiger partial charge in [-0.15, -0.1) is 0 Å². The molecule has 5 nitrogen and oxygen atoms in total. The number of carbonyl (C=O) groups is 1. The van der Waals surface area contributed by atoms with Gasteiger partial charge in [0, 0.05) is 22.7 Å². The molecule has 0 saturated heterocycles. The van der Waals surface area contributed by atoms with E-state index in [4.69, 9.17) is 15.2 Å². The quantitative estimate of drug-likeness (QED) is 0.894. The number of anilines is 1. The van der Waals surface area contributed by atoms with E-state index in [1.54, 1.807) is 7.11 Å². The number of hydrogen-bond donors (Lipinski definition) is 2. The lowest BCUT2D eigenvalue weighted by atomic mass is 9.88. The predicted octanol–water partition coefficient (Wildman–Crippen LogP) is 3.42. The third kappa shape index (κ3) is 3.53. The third-order valence-corrected chi connectivity index (χ3v) is 4.04. The summed E-state index contributed by atoms with van der Waals surface area (Å²) in [4.78, 5) is 11.9. The lowest BCUT2D eigenvalue weighted by Crippen LogP contribution is -2.32. The predicted molar refractivity (Wildman–Crippen MR) is 87.4 cm³/mol. The van der Waals surface area contributed by atoms with Crippen molar-refractivity contribution in [2.75, 3.05) is 12.4 Å². The summed E-state index contributed by atoms with van der Waals surface area (Å²) < 4.78 is 10.7. The number of nitrogens with two attached hydrogens (primary N) is 1. The number of ether oxygens (including phenoxy) is 2. The Balaban J connectivity index is 2.23. The van der Waals surface area contributed by atoms with E-state index in [2.05, 4.69) is 5.32 Å². The van der Waals surface area contributed by atoms with Gasteiger partial charge in [-0.25, -0.2) is 4.79 Å². The number of benzene rings is 1. The maximum Gasteiger partial charge on any atom is 0.412 e. The summed E-state index contributed by atoms with van der Waals surface area (Å²) in [5.74, 6) is 0.810. The van der Waals surface area contributed by atoms with Crippen molar-refractivity contribution in [2.45, 2.75) is 57.6 Å². The van der Waals surface area contributed by atoms with Gasteiger partial charge in [-0.3, -0.25) is 5.32 Å². The summed E-state index contributed by atoms with van der Waals surface area (Å²) in [5, 5.41) is 2.77. The molecule has 0 aromatic heterocycles. The van der Waals surface area contributed by atoms with Gasteiger partial charge in [-0.2, -0.15) is 0 Å². The molecule has 1 atom stereocenters. The van der Waals surface area contributed by atoms with Crippen LogP contribution in [0, 0.1) is 0 Å². The number of nitrogens with one attached hydrogen (secondary N) is 1. The Labute approximate surface area is 132 Å². The summed E-state index contributed by atoms with van der Waals surface area (Å²) in [5.41, 5.74) is 7.33. The molecule has 1 fully saturated rings. The molecule has 0 spiro atoms. The van der Waals surface area contributed by atoms with Crippen molar-refractivity contribution in [3.8, 4) is 5.75 Å². The second kappa shape index (κ2) is 5.80. The Morgan fingerprint density at radius 3 is 2.45 bits per heavy atom. The molecule has 0 heterocycles. The first-order chi connectivity index (χ1) is 10.2. The zero-order chi connectivity index (χ0) is 16.5. The second-order valence-electron chi connectivity index (χ2n) is 6.99. The van der Waals surface area contributed by atoms with E-state index in [0.717, 1.165) is 24.2 Å². The van der Waals surface area contributed by atoms with Crippen molar-refractivity contribution in [1.82, 2.24) is 0 Å². The molecule has 0 radical (unpaired) electrons. The molecule has 5 heteroatoms. The van der Waals surface area contributed by atoms with Crippen molar-refractivity contribution < 1.29 is 14.3 Å². The smallest absolute Gasteiger partial charge is 0.412 e. The molecular formula is C17H26N2O3. The van der Waals surface area contributed by atoms with Crippen LogP contribution in [0.25, 0.3) is 0 Å². The molecule has 122 valence electrons. The van der Waals surface area contributed by atoms with Crippen LogP contribution in [-0.4, -0.2) is 24.8 Å². The number of hydrogen-bond acceptors (Lipinski definition) is 4. The number of rotatable bonds is 4. The molecule has 1 unspecified atom stereocenters. The van der Waals surface area contributed by atoms with Crippen LogP contribution < -0.4 is 15.8 Å². The van der Waals surface area contributed by atoms with Crippen LogP contribution in [0.2, 0.25) is 0 Å². The molecule has 1 saturated carbocycles. The van der Waals surface area contributed by atoms with Crippen molar-refractivity contribution in [3.63, 3.8) is 0 Å². The van der Waals surface area contributed by atoms with E-state index in [0.29, 0.717) is 5.69 Å². The van der Waals surface area contributed by atoms with Crippen LogP contribution in [0.15, 0.2) is 18.2 Å². The minimum absolute atomic E-state index is 0.0400. The highest BCUT2D eigenvalue weighted by Crippen LogP contribution is 2.53. The van der Waals surface area contributed by atoms with Gasteiger partial charge in [-0.05, 0) is 58.7 Å². The van der Waals surface area contributed by atoms with Gasteiger partial charge in [0.25, 0.3) is 0 Å². The normalized spacial score (nSPS) is 17.5. The standard InChI is InChI=1S/C17H26N2O3/c1-11(18)17(8-9-17)13-10-12(6-7-14(13)21-5)19-15(20)22-16(2,3)4/h6-7,10-11H,8-9,18H2,1-5H3,(H,19,20).